The number of carbonyl (C=O) groups excluding carboxylic acids is 1. The highest BCUT2D eigenvalue weighted by atomic mass is 32.2. The first-order valence-corrected chi connectivity index (χ1v) is 10.4. The maximum atomic E-state index is 12.4. The van der Waals surface area contributed by atoms with Crippen LogP contribution in [0.5, 0.6) is 0 Å². The molecule has 0 aliphatic heterocycles. The molecule has 154 valence electrons. The Morgan fingerprint density at radius 3 is 2.59 bits per heavy atom. The van der Waals surface area contributed by atoms with Crippen molar-refractivity contribution in [3.63, 3.8) is 0 Å². The predicted octanol–water partition coefficient (Wildman–Crippen LogP) is 2.18. The number of furan rings is 1. The molecule has 1 amide bonds. The molecule has 0 unspecified atom stereocenters. The number of sulfonamides is 1. The summed E-state index contributed by atoms with van der Waals surface area (Å²) in [6, 6.07) is 6.20. The molecule has 0 saturated carbocycles. The fourth-order valence-corrected chi connectivity index (χ4v) is 3.99. The van der Waals surface area contributed by atoms with E-state index in [1.54, 1.807) is 45.4 Å². The van der Waals surface area contributed by atoms with Crippen molar-refractivity contribution in [2.45, 2.75) is 44.9 Å². The van der Waals surface area contributed by atoms with Gasteiger partial charge in [0.15, 0.2) is 5.76 Å². The average Bonchev–Trinajstić information content (AvgIpc) is 3.27. The lowest BCUT2D eigenvalue weighted by Crippen LogP contribution is -2.40. The lowest BCUT2D eigenvalue weighted by molar-refractivity contribution is 0.0917. The molecule has 10 heteroatoms. The summed E-state index contributed by atoms with van der Waals surface area (Å²) in [7, 11) is -3.85. The van der Waals surface area contributed by atoms with E-state index in [4.69, 9.17) is 4.42 Å². The van der Waals surface area contributed by atoms with Crippen LogP contribution in [-0.2, 0) is 16.6 Å². The van der Waals surface area contributed by atoms with Gasteiger partial charge in [0, 0.05) is 30.7 Å². The van der Waals surface area contributed by atoms with Crippen LogP contribution >= 0.6 is 0 Å². The number of aromatic nitrogens is 3. The maximum absolute atomic E-state index is 12.4. The molecule has 0 aromatic carbocycles. The van der Waals surface area contributed by atoms with Gasteiger partial charge in [0.1, 0.15) is 11.6 Å². The Kier molecular flexibility index (Phi) is 5.58. The Balaban J connectivity index is 1.68. The fraction of sp³-hybridized carbons (Fsp3) is 0.316. The summed E-state index contributed by atoms with van der Waals surface area (Å²) in [5.41, 5.74) is 0.158. The Hall–Kier alpha value is -2.98. The van der Waals surface area contributed by atoms with Crippen molar-refractivity contribution in [1.29, 1.82) is 0 Å². The number of imidazole rings is 1. The minimum atomic E-state index is -3.85. The van der Waals surface area contributed by atoms with Gasteiger partial charge in [0.05, 0.1) is 0 Å². The average molecular weight is 417 g/mol. The molecule has 0 bridgehead atoms. The van der Waals surface area contributed by atoms with Crippen LogP contribution in [0.4, 0.5) is 0 Å². The van der Waals surface area contributed by atoms with Gasteiger partial charge in [-0.15, -0.1) is 0 Å². The molecule has 0 saturated heterocycles. The van der Waals surface area contributed by atoms with E-state index in [1.165, 1.54) is 12.1 Å². The number of amides is 1. The summed E-state index contributed by atoms with van der Waals surface area (Å²) in [6.45, 7) is 7.25. The minimum absolute atomic E-state index is 0.0842. The summed E-state index contributed by atoms with van der Waals surface area (Å²) in [6.07, 6.45) is 5.13. The molecular weight excluding hydrogens is 394 g/mol. The fourth-order valence-electron chi connectivity index (χ4n) is 2.63. The molecule has 3 aromatic rings. The predicted molar refractivity (Wildman–Crippen MR) is 106 cm³/mol. The van der Waals surface area contributed by atoms with Gasteiger partial charge in [-0.05, 0) is 57.5 Å². The molecule has 29 heavy (non-hydrogen) atoms. The van der Waals surface area contributed by atoms with Gasteiger partial charge in [-0.2, -0.15) is 0 Å². The summed E-state index contributed by atoms with van der Waals surface area (Å²) < 4.78 is 34.1. The minimum Gasteiger partial charge on any atom is -0.438 e. The van der Waals surface area contributed by atoms with E-state index in [1.807, 2.05) is 17.6 Å². The van der Waals surface area contributed by atoms with Crippen molar-refractivity contribution < 1.29 is 17.6 Å². The molecule has 0 aliphatic carbocycles. The first-order chi connectivity index (χ1) is 13.5. The van der Waals surface area contributed by atoms with Gasteiger partial charge < -0.3 is 9.73 Å². The number of nitrogens with one attached hydrogen (secondary N) is 2. The Morgan fingerprint density at radius 1 is 1.17 bits per heavy atom. The monoisotopic (exact) mass is 417 g/mol. The Bertz CT molecular complexity index is 1130. The van der Waals surface area contributed by atoms with Gasteiger partial charge in [-0.25, -0.2) is 23.1 Å². The van der Waals surface area contributed by atoms with Crippen LogP contribution < -0.4 is 10.0 Å². The van der Waals surface area contributed by atoms with E-state index in [9.17, 15) is 13.2 Å². The van der Waals surface area contributed by atoms with Crippen LogP contribution in [0.15, 0.2) is 52.4 Å². The van der Waals surface area contributed by atoms with E-state index < -0.39 is 21.5 Å². The van der Waals surface area contributed by atoms with Crippen LogP contribution in [-0.4, -0.2) is 34.4 Å². The lowest BCUT2D eigenvalue weighted by atomic mass is 10.1. The lowest BCUT2D eigenvalue weighted by Gasteiger charge is -2.18. The first-order valence-electron chi connectivity index (χ1n) is 8.92. The van der Waals surface area contributed by atoms with Gasteiger partial charge >= 0.3 is 0 Å². The molecule has 9 nitrogen and oxygen atoms in total. The van der Waals surface area contributed by atoms with Crippen LogP contribution in [0.2, 0.25) is 0 Å². The third-order valence-electron chi connectivity index (χ3n) is 3.85. The van der Waals surface area contributed by atoms with Crippen molar-refractivity contribution in [3.8, 4) is 5.82 Å². The topological polar surface area (TPSA) is 119 Å². The summed E-state index contributed by atoms with van der Waals surface area (Å²) in [5, 5.41) is 2.41. The van der Waals surface area contributed by atoms with Crippen molar-refractivity contribution >= 4 is 15.9 Å². The molecule has 3 rings (SSSR count). The van der Waals surface area contributed by atoms with Crippen molar-refractivity contribution in [3.05, 3.63) is 60.0 Å². The number of carbonyl (C=O) groups is 1. The van der Waals surface area contributed by atoms with Crippen molar-refractivity contribution in [2.24, 2.45) is 0 Å². The van der Waals surface area contributed by atoms with Crippen molar-refractivity contribution in [1.82, 2.24) is 24.6 Å². The number of nitrogens with zero attached hydrogens (tertiary/aromatic N) is 3. The van der Waals surface area contributed by atoms with E-state index in [-0.39, 0.29) is 17.4 Å². The number of hydrogen-bond acceptors (Lipinski definition) is 6. The summed E-state index contributed by atoms with van der Waals surface area (Å²) in [5.74, 6) is 0.886. The molecule has 2 N–H and O–H groups in total. The SMILES string of the molecule is Cc1nccn1-c1cc(CNC(=O)c2ccc(S(=O)(=O)NC(C)(C)C)o2)ccn1. The maximum Gasteiger partial charge on any atom is 0.287 e. The van der Waals surface area contributed by atoms with E-state index in [0.29, 0.717) is 5.82 Å². The van der Waals surface area contributed by atoms with Gasteiger partial charge in [-0.3, -0.25) is 9.36 Å². The van der Waals surface area contributed by atoms with Gasteiger partial charge in [0.2, 0.25) is 5.09 Å². The highest BCUT2D eigenvalue weighted by Crippen LogP contribution is 2.17. The number of pyridine rings is 1. The zero-order valence-corrected chi connectivity index (χ0v) is 17.4. The third-order valence-corrected chi connectivity index (χ3v) is 5.48. The molecule has 3 aromatic heterocycles. The van der Waals surface area contributed by atoms with E-state index >= 15 is 0 Å². The highest BCUT2D eigenvalue weighted by Gasteiger charge is 2.26. The zero-order chi connectivity index (χ0) is 21.2. The van der Waals surface area contributed by atoms with Crippen LogP contribution in [0.3, 0.4) is 0 Å². The first kappa shape index (κ1) is 20.7. The van der Waals surface area contributed by atoms with Crippen LogP contribution in [0.1, 0.15) is 42.7 Å². The highest BCUT2D eigenvalue weighted by molar-refractivity contribution is 7.89. The molecule has 3 heterocycles. The largest absolute Gasteiger partial charge is 0.438 e. The van der Waals surface area contributed by atoms with Crippen LogP contribution in [0.25, 0.3) is 5.82 Å². The van der Waals surface area contributed by atoms with E-state index in [2.05, 4.69) is 20.0 Å². The molecule has 0 aliphatic rings. The second kappa shape index (κ2) is 7.80. The summed E-state index contributed by atoms with van der Waals surface area (Å²) in [4.78, 5) is 20.8. The normalized spacial score (nSPS) is 12.1. The molecule has 0 radical (unpaired) electrons. The zero-order valence-electron chi connectivity index (χ0n) is 16.6. The Morgan fingerprint density at radius 2 is 1.93 bits per heavy atom. The smallest absolute Gasteiger partial charge is 0.287 e. The second-order valence-corrected chi connectivity index (χ2v) is 9.14. The number of aryl methyl sites for hydroxylation is 1. The Labute approximate surface area is 169 Å². The molecule has 0 fully saturated rings. The van der Waals surface area contributed by atoms with E-state index in [0.717, 1.165) is 11.4 Å². The quantitative estimate of drug-likeness (QED) is 0.634. The van der Waals surface area contributed by atoms with Crippen LogP contribution in [0, 0.1) is 6.92 Å². The number of rotatable bonds is 6. The number of hydrogen-bond donors (Lipinski definition) is 2. The van der Waals surface area contributed by atoms with Gasteiger partial charge in [0.25, 0.3) is 15.9 Å². The standard InChI is InChI=1S/C19H23N5O4S/c1-13-20-9-10-24(13)16-11-14(7-8-21-16)12-22-18(25)15-5-6-17(28-15)29(26,27)23-19(2,3)4/h5-11,23H,12H2,1-4H3,(H,22,25). The van der Waals surface area contributed by atoms with Gasteiger partial charge in [-0.1, -0.05) is 0 Å². The van der Waals surface area contributed by atoms with Crippen molar-refractivity contribution in [2.75, 3.05) is 0 Å². The second-order valence-electron chi connectivity index (χ2n) is 7.52. The molecule has 0 spiro atoms. The summed E-state index contributed by atoms with van der Waals surface area (Å²) >= 11 is 0. The molecule has 0 atom stereocenters. The third kappa shape index (κ3) is 5.09. The molecular formula is C19H23N5O4S.